The Morgan fingerprint density at radius 1 is 1.48 bits per heavy atom. The van der Waals surface area contributed by atoms with Crippen LogP contribution in [0.3, 0.4) is 0 Å². The molecule has 2 aromatic rings. The lowest BCUT2D eigenvalue weighted by molar-refractivity contribution is -0.118. The van der Waals surface area contributed by atoms with Crippen molar-refractivity contribution in [2.75, 3.05) is 0 Å². The van der Waals surface area contributed by atoms with Gasteiger partial charge in [0.05, 0.1) is 24.2 Å². The Kier molecular flexibility index (Phi) is 4.59. The van der Waals surface area contributed by atoms with Gasteiger partial charge in [0.2, 0.25) is 5.91 Å². The predicted molar refractivity (Wildman–Crippen MR) is 78.8 cm³/mol. The maximum absolute atomic E-state index is 12.2. The van der Waals surface area contributed by atoms with Gasteiger partial charge >= 0.3 is 0 Å². The minimum absolute atomic E-state index is 0.0109. The number of aromatic nitrogens is 2. The number of primary amides is 1. The van der Waals surface area contributed by atoms with Gasteiger partial charge in [0, 0.05) is 10.7 Å². The molecule has 1 heterocycles. The summed E-state index contributed by atoms with van der Waals surface area (Å²) in [5.41, 5.74) is 7.04. The zero-order chi connectivity index (χ0) is 15.4. The first-order chi connectivity index (χ1) is 9.97. The van der Waals surface area contributed by atoms with Crippen LogP contribution in [0.4, 0.5) is 0 Å². The Balaban J connectivity index is 2.23. The van der Waals surface area contributed by atoms with Crippen molar-refractivity contribution in [3.63, 3.8) is 0 Å². The third-order valence-corrected chi connectivity index (χ3v) is 3.27. The Hall–Kier alpha value is -2.34. The molecule has 0 unspecified atom stereocenters. The molecule has 21 heavy (non-hydrogen) atoms. The number of amides is 2. The van der Waals surface area contributed by atoms with Crippen molar-refractivity contribution in [3.05, 3.63) is 52.3 Å². The monoisotopic (exact) mass is 306 g/mol. The number of H-pyrrole nitrogens is 1. The lowest BCUT2D eigenvalue weighted by Gasteiger charge is -2.18. The number of hydrogen-bond acceptors (Lipinski definition) is 3. The summed E-state index contributed by atoms with van der Waals surface area (Å²) < 4.78 is 0. The second-order valence-electron chi connectivity index (χ2n) is 4.66. The van der Waals surface area contributed by atoms with Crippen LogP contribution in [0.15, 0.2) is 30.5 Å². The van der Waals surface area contributed by atoms with Crippen molar-refractivity contribution in [1.29, 1.82) is 0 Å². The zero-order valence-electron chi connectivity index (χ0n) is 11.4. The van der Waals surface area contributed by atoms with E-state index in [0.717, 1.165) is 5.56 Å². The summed E-state index contributed by atoms with van der Waals surface area (Å²) in [6, 6.07) is 6.40. The first-order valence-corrected chi connectivity index (χ1v) is 6.69. The third-order valence-electron chi connectivity index (χ3n) is 3.04. The average Bonchev–Trinajstić information content (AvgIpc) is 2.83. The molecular formula is C14H15ClN4O2. The van der Waals surface area contributed by atoms with Gasteiger partial charge in [-0.25, -0.2) is 0 Å². The van der Waals surface area contributed by atoms with E-state index in [9.17, 15) is 9.59 Å². The van der Waals surface area contributed by atoms with Gasteiger partial charge in [0.15, 0.2) is 0 Å². The fraction of sp³-hybridized carbons (Fsp3) is 0.214. The molecule has 6 nitrogen and oxygen atoms in total. The molecule has 0 aliphatic rings. The lowest BCUT2D eigenvalue weighted by atomic mass is 10.0. The quantitative estimate of drug-likeness (QED) is 0.784. The van der Waals surface area contributed by atoms with Crippen LogP contribution in [-0.2, 0) is 4.79 Å². The van der Waals surface area contributed by atoms with E-state index in [2.05, 4.69) is 15.5 Å². The second kappa shape index (κ2) is 6.41. The van der Waals surface area contributed by atoms with Crippen molar-refractivity contribution in [1.82, 2.24) is 15.5 Å². The van der Waals surface area contributed by atoms with E-state index >= 15 is 0 Å². The van der Waals surface area contributed by atoms with E-state index < -0.39 is 11.9 Å². The highest BCUT2D eigenvalue weighted by molar-refractivity contribution is 6.30. The van der Waals surface area contributed by atoms with Gasteiger partial charge in [-0.15, -0.1) is 0 Å². The average molecular weight is 307 g/mol. The van der Waals surface area contributed by atoms with E-state index in [1.165, 1.54) is 6.20 Å². The van der Waals surface area contributed by atoms with Crippen molar-refractivity contribution < 1.29 is 9.59 Å². The molecule has 2 rings (SSSR count). The normalized spacial score (nSPS) is 11.9. The van der Waals surface area contributed by atoms with Crippen LogP contribution in [0.5, 0.6) is 0 Å². The molecule has 0 fully saturated rings. The fourth-order valence-electron chi connectivity index (χ4n) is 1.99. The van der Waals surface area contributed by atoms with Gasteiger partial charge in [0.1, 0.15) is 0 Å². The molecule has 7 heteroatoms. The van der Waals surface area contributed by atoms with Crippen LogP contribution < -0.4 is 11.1 Å². The maximum atomic E-state index is 12.2. The Bertz CT molecular complexity index is 668. The van der Waals surface area contributed by atoms with Crippen molar-refractivity contribution in [2.45, 2.75) is 19.4 Å². The lowest BCUT2D eigenvalue weighted by Crippen LogP contribution is -2.32. The second-order valence-corrected chi connectivity index (χ2v) is 5.10. The molecule has 0 aliphatic carbocycles. The minimum Gasteiger partial charge on any atom is -0.370 e. The van der Waals surface area contributed by atoms with Crippen molar-refractivity contribution in [2.24, 2.45) is 5.73 Å². The highest BCUT2D eigenvalue weighted by Crippen LogP contribution is 2.21. The molecule has 110 valence electrons. The number of hydrogen-bond donors (Lipinski definition) is 3. The largest absolute Gasteiger partial charge is 0.370 e. The van der Waals surface area contributed by atoms with Crippen molar-refractivity contribution >= 4 is 23.4 Å². The molecule has 4 N–H and O–H groups in total. The summed E-state index contributed by atoms with van der Waals surface area (Å²) in [6.45, 7) is 1.74. The van der Waals surface area contributed by atoms with Crippen LogP contribution in [0.25, 0.3) is 0 Å². The number of halogens is 1. The standard InChI is InChI=1S/C14H15ClN4O2/c1-8-11(7-17-19-8)14(21)18-12(6-13(16)20)9-3-2-4-10(15)5-9/h2-5,7,12H,6H2,1H3,(H2,16,20)(H,17,19)(H,18,21)/t12-/m0/s1. The molecule has 2 amide bonds. The van der Waals surface area contributed by atoms with E-state index in [1.807, 2.05) is 0 Å². The smallest absolute Gasteiger partial charge is 0.255 e. The number of nitrogens with zero attached hydrogens (tertiary/aromatic N) is 1. The maximum Gasteiger partial charge on any atom is 0.255 e. The molecule has 0 saturated heterocycles. The van der Waals surface area contributed by atoms with Crippen molar-refractivity contribution in [3.8, 4) is 0 Å². The van der Waals surface area contributed by atoms with Crippen LogP contribution >= 0.6 is 11.6 Å². The Morgan fingerprint density at radius 3 is 2.81 bits per heavy atom. The van der Waals surface area contributed by atoms with Gasteiger partial charge in [-0.1, -0.05) is 23.7 Å². The summed E-state index contributed by atoms with van der Waals surface area (Å²) >= 11 is 5.94. The highest BCUT2D eigenvalue weighted by atomic mass is 35.5. The van der Waals surface area contributed by atoms with Gasteiger partial charge in [-0.3, -0.25) is 14.7 Å². The van der Waals surface area contributed by atoms with E-state index in [-0.39, 0.29) is 12.3 Å². The number of nitrogens with two attached hydrogens (primary N) is 1. The number of aryl methyl sites for hydroxylation is 1. The number of rotatable bonds is 5. The van der Waals surface area contributed by atoms with Crippen LogP contribution in [-0.4, -0.2) is 22.0 Å². The molecule has 0 aliphatic heterocycles. The molecule has 0 bridgehead atoms. The SMILES string of the molecule is Cc1[nH]ncc1C(=O)N[C@@H](CC(N)=O)c1cccc(Cl)c1. The Morgan fingerprint density at radius 2 is 2.24 bits per heavy atom. The topological polar surface area (TPSA) is 101 Å². The zero-order valence-corrected chi connectivity index (χ0v) is 12.1. The molecule has 1 aromatic carbocycles. The van der Waals surface area contributed by atoms with Crippen LogP contribution in [0.2, 0.25) is 5.02 Å². The first kappa shape index (κ1) is 15.1. The number of aromatic amines is 1. The summed E-state index contributed by atoms with van der Waals surface area (Å²) in [6.07, 6.45) is 1.42. The summed E-state index contributed by atoms with van der Waals surface area (Å²) in [7, 11) is 0. The number of benzene rings is 1. The minimum atomic E-state index is -0.539. The number of carbonyl (C=O) groups excluding carboxylic acids is 2. The fourth-order valence-corrected chi connectivity index (χ4v) is 2.19. The summed E-state index contributed by atoms with van der Waals surface area (Å²) in [5.74, 6) is -0.836. The van der Waals surface area contributed by atoms with E-state index in [0.29, 0.717) is 16.3 Å². The first-order valence-electron chi connectivity index (χ1n) is 6.32. The van der Waals surface area contributed by atoms with Crippen LogP contribution in [0.1, 0.15) is 34.1 Å². The predicted octanol–water partition coefficient (Wildman–Crippen LogP) is 1.72. The van der Waals surface area contributed by atoms with Gasteiger partial charge in [-0.2, -0.15) is 5.10 Å². The molecule has 1 atom stereocenters. The molecule has 0 spiro atoms. The van der Waals surface area contributed by atoms with Gasteiger partial charge in [-0.05, 0) is 24.6 Å². The molecule has 0 saturated carbocycles. The summed E-state index contributed by atoms with van der Waals surface area (Å²) in [4.78, 5) is 23.4. The van der Waals surface area contributed by atoms with E-state index in [4.69, 9.17) is 17.3 Å². The molecule has 0 radical (unpaired) electrons. The third kappa shape index (κ3) is 3.82. The van der Waals surface area contributed by atoms with Gasteiger partial charge in [0.25, 0.3) is 5.91 Å². The Labute approximate surface area is 126 Å². The van der Waals surface area contributed by atoms with Crippen LogP contribution in [0, 0.1) is 6.92 Å². The highest BCUT2D eigenvalue weighted by Gasteiger charge is 2.20. The molecular weight excluding hydrogens is 292 g/mol. The summed E-state index contributed by atoms with van der Waals surface area (Å²) in [5, 5.41) is 9.79. The number of carbonyl (C=O) groups is 2. The molecule has 1 aromatic heterocycles. The van der Waals surface area contributed by atoms with Gasteiger partial charge < -0.3 is 11.1 Å². The number of nitrogens with one attached hydrogen (secondary N) is 2. The van der Waals surface area contributed by atoms with E-state index in [1.54, 1.807) is 31.2 Å².